The average molecular weight is 271 g/mol. The number of amides is 1. The third kappa shape index (κ3) is 4.94. The molecular weight excluding hydrogens is 252 g/mol. The summed E-state index contributed by atoms with van der Waals surface area (Å²) in [4.78, 5) is 11.4. The van der Waals surface area contributed by atoms with Gasteiger partial charge in [0.2, 0.25) is 0 Å². The molecule has 1 aliphatic heterocycles. The molecule has 1 fully saturated rings. The number of hydrogen-bond acceptors (Lipinski definition) is 3. The van der Waals surface area contributed by atoms with Gasteiger partial charge in [-0.2, -0.15) is 0 Å². The minimum absolute atomic E-state index is 0. The predicted octanol–water partition coefficient (Wildman–Crippen LogP) is 2.09. The molecule has 0 spiro atoms. The van der Waals surface area contributed by atoms with Gasteiger partial charge in [-0.3, -0.25) is 0 Å². The van der Waals surface area contributed by atoms with E-state index in [9.17, 15) is 4.79 Å². The number of carbonyl (C=O) groups is 1. The lowest BCUT2D eigenvalue weighted by molar-refractivity contribution is 0.139. The van der Waals surface area contributed by atoms with E-state index in [0.29, 0.717) is 19.2 Å². The average Bonchev–Trinajstić information content (AvgIpc) is 2.88. The molecule has 18 heavy (non-hydrogen) atoms. The standard InChI is InChI=1S/C13H18N2O2.ClH/c16-13(15-9-12-7-4-8-14-12)17-10-11-5-2-1-3-6-11;/h1-3,5-6,12,14H,4,7-10H2,(H,15,16);1H. The Morgan fingerprint density at radius 3 is 2.83 bits per heavy atom. The first-order chi connectivity index (χ1) is 8.34. The minimum Gasteiger partial charge on any atom is -0.445 e. The molecule has 0 aliphatic carbocycles. The molecule has 2 rings (SSSR count). The Kier molecular flexibility index (Phi) is 6.54. The number of ether oxygens (including phenoxy) is 1. The number of alkyl carbamates (subject to hydrolysis) is 1. The quantitative estimate of drug-likeness (QED) is 0.881. The van der Waals surface area contributed by atoms with Gasteiger partial charge in [-0.15, -0.1) is 12.4 Å². The molecule has 2 N–H and O–H groups in total. The summed E-state index contributed by atoms with van der Waals surface area (Å²) < 4.78 is 5.11. The molecule has 100 valence electrons. The van der Waals surface area contributed by atoms with Crippen LogP contribution in [-0.4, -0.2) is 25.2 Å². The molecule has 1 aromatic carbocycles. The van der Waals surface area contributed by atoms with Crippen LogP contribution in [0, 0.1) is 0 Å². The van der Waals surface area contributed by atoms with Crippen molar-refractivity contribution in [3.05, 3.63) is 35.9 Å². The molecule has 1 aromatic rings. The van der Waals surface area contributed by atoms with Crippen LogP contribution in [0.4, 0.5) is 4.79 Å². The van der Waals surface area contributed by atoms with E-state index >= 15 is 0 Å². The van der Waals surface area contributed by atoms with Gasteiger partial charge in [0.25, 0.3) is 0 Å². The maximum Gasteiger partial charge on any atom is 0.407 e. The number of hydrogen-bond donors (Lipinski definition) is 2. The van der Waals surface area contributed by atoms with E-state index in [1.807, 2.05) is 30.3 Å². The number of nitrogens with one attached hydrogen (secondary N) is 2. The Labute approximate surface area is 114 Å². The molecule has 5 heteroatoms. The first kappa shape index (κ1) is 14.8. The smallest absolute Gasteiger partial charge is 0.407 e. The third-order valence-electron chi connectivity index (χ3n) is 2.87. The van der Waals surface area contributed by atoms with E-state index in [-0.39, 0.29) is 18.5 Å². The summed E-state index contributed by atoms with van der Waals surface area (Å²) in [7, 11) is 0. The maximum absolute atomic E-state index is 11.4. The van der Waals surface area contributed by atoms with Gasteiger partial charge in [0.15, 0.2) is 0 Å². The van der Waals surface area contributed by atoms with E-state index in [0.717, 1.165) is 18.5 Å². The Bertz CT molecular complexity index is 353. The fraction of sp³-hybridized carbons (Fsp3) is 0.462. The van der Waals surface area contributed by atoms with Crippen LogP contribution in [-0.2, 0) is 11.3 Å². The summed E-state index contributed by atoms with van der Waals surface area (Å²) in [6.07, 6.45) is 1.97. The molecule has 0 bridgehead atoms. The van der Waals surface area contributed by atoms with Gasteiger partial charge >= 0.3 is 6.09 Å². The molecule has 0 aromatic heterocycles. The van der Waals surface area contributed by atoms with Gasteiger partial charge in [0, 0.05) is 12.6 Å². The summed E-state index contributed by atoms with van der Waals surface area (Å²) in [6, 6.07) is 10.1. The lowest BCUT2D eigenvalue weighted by Gasteiger charge is -2.11. The van der Waals surface area contributed by atoms with E-state index in [1.54, 1.807) is 0 Å². The Morgan fingerprint density at radius 1 is 1.39 bits per heavy atom. The van der Waals surface area contributed by atoms with Crippen molar-refractivity contribution < 1.29 is 9.53 Å². The zero-order chi connectivity index (χ0) is 11.9. The van der Waals surface area contributed by atoms with Gasteiger partial charge in [0.05, 0.1) is 0 Å². The van der Waals surface area contributed by atoms with Crippen LogP contribution in [0.5, 0.6) is 0 Å². The topological polar surface area (TPSA) is 50.4 Å². The highest BCUT2D eigenvalue weighted by molar-refractivity contribution is 5.85. The van der Waals surface area contributed by atoms with Crippen molar-refractivity contribution in [2.45, 2.75) is 25.5 Å². The molecule has 4 nitrogen and oxygen atoms in total. The lowest BCUT2D eigenvalue weighted by Crippen LogP contribution is -2.37. The monoisotopic (exact) mass is 270 g/mol. The second-order valence-corrected chi connectivity index (χ2v) is 4.24. The summed E-state index contributed by atoms with van der Waals surface area (Å²) in [5.41, 5.74) is 1.00. The highest BCUT2D eigenvalue weighted by Crippen LogP contribution is 2.04. The van der Waals surface area contributed by atoms with Crippen molar-refractivity contribution >= 4 is 18.5 Å². The summed E-state index contributed by atoms with van der Waals surface area (Å²) >= 11 is 0. The van der Waals surface area contributed by atoms with Crippen molar-refractivity contribution in [1.29, 1.82) is 0 Å². The molecule has 1 atom stereocenters. The number of benzene rings is 1. The lowest BCUT2D eigenvalue weighted by atomic mass is 10.2. The zero-order valence-corrected chi connectivity index (χ0v) is 11.0. The highest BCUT2D eigenvalue weighted by atomic mass is 35.5. The largest absolute Gasteiger partial charge is 0.445 e. The maximum atomic E-state index is 11.4. The van der Waals surface area contributed by atoms with Gasteiger partial charge in [0.1, 0.15) is 6.61 Å². The Morgan fingerprint density at radius 2 is 2.17 bits per heavy atom. The number of rotatable bonds is 4. The highest BCUT2D eigenvalue weighted by Gasteiger charge is 2.14. The molecule has 1 aliphatic rings. The minimum atomic E-state index is -0.345. The summed E-state index contributed by atoms with van der Waals surface area (Å²) in [6.45, 7) is 2.02. The molecule has 0 radical (unpaired) electrons. The van der Waals surface area contributed by atoms with E-state index in [2.05, 4.69) is 10.6 Å². The van der Waals surface area contributed by atoms with Gasteiger partial charge in [-0.25, -0.2) is 4.79 Å². The normalized spacial score (nSPS) is 17.9. The van der Waals surface area contributed by atoms with Crippen LogP contribution >= 0.6 is 12.4 Å². The summed E-state index contributed by atoms with van der Waals surface area (Å²) in [5.74, 6) is 0. The predicted molar refractivity (Wildman–Crippen MR) is 72.9 cm³/mol. The van der Waals surface area contributed by atoms with Crippen molar-refractivity contribution in [3.8, 4) is 0 Å². The molecule has 0 saturated carbocycles. The van der Waals surface area contributed by atoms with E-state index < -0.39 is 0 Å². The number of carbonyl (C=O) groups excluding carboxylic acids is 1. The second-order valence-electron chi connectivity index (χ2n) is 4.24. The molecule has 1 heterocycles. The molecule has 1 amide bonds. The van der Waals surface area contributed by atoms with Crippen LogP contribution in [0.25, 0.3) is 0 Å². The molecule has 1 saturated heterocycles. The first-order valence-electron chi connectivity index (χ1n) is 6.02. The molecular formula is C13H19ClN2O2. The van der Waals surface area contributed by atoms with Crippen molar-refractivity contribution in [3.63, 3.8) is 0 Å². The fourth-order valence-corrected chi connectivity index (χ4v) is 1.91. The van der Waals surface area contributed by atoms with Crippen LogP contribution in [0.2, 0.25) is 0 Å². The van der Waals surface area contributed by atoms with E-state index in [1.165, 1.54) is 6.42 Å². The van der Waals surface area contributed by atoms with Crippen molar-refractivity contribution in [1.82, 2.24) is 10.6 Å². The third-order valence-corrected chi connectivity index (χ3v) is 2.87. The van der Waals surface area contributed by atoms with Gasteiger partial charge < -0.3 is 15.4 Å². The SMILES string of the molecule is Cl.O=C(NCC1CCCN1)OCc1ccccc1. The van der Waals surface area contributed by atoms with Crippen molar-refractivity contribution in [2.24, 2.45) is 0 Å². The first-order valence-corrected chi connectivity index (χ1v) is 6.02. The van der Waals surface area contributed by atoms with Crippen LogP contribution in [0.15, 0.2) is 30.3 Å². The zero-order valence-electron chi connectivity index (χ0n) is 10.2. The van der Waals surface area contributed by atoms with Crippen LogP contribution < -0.4 is 10.6 Å². The van der Waals surface area contributed by atoms with E-state index in [4.69, 9.17) is 4.74 Å². The Balaban J connectivity index is 0.00000162. The second kappa shape index (κ2) is 7.95. The van der Waals surface area contributed by atoms with Crippen LogP contribution in [0.3, 0.4) is 0 Å². The van der Waals surface area contributed by atoms with Crippen molar-refractivity contribution in [2.75, 3.05) is 13.1 Å². The van der Waals surface area contributed by atoms with Gasteiger partial charge in [-0.05, 0) is 24.9 Å². The van der Waals surface area contributed by atoms with Gasteiger partial charge in [-0.1, -0.05) is 30.3 Å². The summed E-state index contributed by atoms with van der Waals surface area (Å²) in [5, 5.41) is 6.09. The van der Waals surface area contributed by atoms with Crippen LogP contribution in [0.1, 0.15) is 18.4 Å². The molecule has 1 unspecified atom stereocenters. The Hall–Kier alpha value is -1.26. The number of halogens is 1. The fourth-order valence-electron chi connectivity index (χ4n) is 1.91.